The molecular formula is C19H28N2O. The molecule has 1 amide bonds. The van der Waals surface area contributed by atoms with E-state index in [1.165, 1.54) is 37.8 Å². The summed E-state index contributed by atoms with van der Waals surface area (Å²) in [6, 6.07) is 10.7. The first-order valence-electron chi connectivity index (χ1n) is 8.85. The molecule has 22 heavy (non-hydrogen) atoms. The minimum absolute atomic E-state index is 0.295. The van der Waals surface area contributed by atoms with Gasteiger partial charge in [0.05, 0.1) is 0 Å². The highest BCUT2D eigenvalue weighted by Gasteiger charge is 2.24. The Bertz CT molecular complexity index is 468. The molecule has 1 heterocycles. The zero-order valence-electron chi connectivity index (χ0n) is 13.5. The molecule has 0 radical (unpaired) electrons. The van der Waals surface area contributed by atoms with Gasteiger partial charge < -0.3 is 5.32 Å². The van der Waals surface area contributed by atoms with Crippen LogP contribution >= 0.6 is 0 Å². The molecule has 1 aromatic carbocycles. The lowest BCUT2D eigenvalue weighted by Gasteiger charge is -2.33. The second-order valence-electron chi connectivity index (χ2n) is 6.96. The zero-order chi connectivity index (χ0) is 15.2. The molecule has 2 fully saturated rings. The Balaban J connectivity index is 1.43. The average molecular weight is 300 g/mol. The lowest BCUT2D eigenvalue weighted by atomic mass is 9.97. The molecule has 3 rings (SSSR count). The first kappa shape index (κ1) is 15.5. The number of nitrogens with zero attached hydrogens (tertiary/aromatic N) is 1. The maximum absolute atomic E-state index is 12.1. The minimum atomic E-state index is 0.295. The maximum Gasteiger partial charge on any atom is 0.223 e. The predicted molar refractivity (Wildman–Crippen MR) is 89.4 cm³/mol. The van der Waals surface area contributed by atoms with Crippen molar-refractivity contribution < 1.29 is 4.79 Å². The molecule has 2 aliphatic rings. The molecule has 1 N–H and O–H groups in total. The number of piperidine rings is 1. The van der Waals surface area contributed by atoms with Gasteiger partial charge in [-0.25, -0.2) is 0 Å². The third kappa shape index (κ3) is 4.33. The minimum Gasteiger partial charge on any atom is -0.356 e. The number of benzene rings is 1. The Morgan fingerprint density at radius 1 is 1.09 bits per heavy atom. The Labute approximate surface area is 134 Å². The van der Waals surface area contributed by atoms with E-state index in [0.717, 1.165) is 32.5 Å². The fourth-order valence-corrected chi connectivity index (χ4v) is 3.88. The highest BCUT2D eigenvalue weighted by Crippen LogP contribution is 2.25. The second kappa shape index (κ2) is 7.77. The van der Waals surface area contributed by atoms with E-state index in [4.69, 9.17) is 0 Å². The van der Waals surface area contributed by atoms with Crippen molar-refractivity contribution in [2.45, 2.75) is 45.1 Å². The molecule has 1 saturated heterocycles. The van der Waals surface area contributed by atoms with Crippen molar-refractivity contribution in [1.82, 2.24) is 10.2 Å². The van der Waals surface area contributed by atoms with Gasteiger partial charge in [-0.05, 0) is 43.7 Å². The zero-order valence-corrected chi connectivity index (χ0v) is 13.5. The van der Waals surface area contributed by atoms with Crippen LogP contribution in [-0.2, 0) is 11.3 Å². The third-order valence-corrected chi connectivity index (χ3v) is 5.14. The fourth-order valence-electron chi connectivity index (χ4n) is 3.88. The highest BCUT2D eigenvalue weighted by molar-refractivity contribution is 5.78. The van der Waals surface area contributed by atoms with Crippen molar-refractivity contribution in [3.63, 3.8) is 0 Å². The van der Waals surface area contributed by atoms with Gasteiger partial charge in [-0.15, -0.1) is 0 Å². The molecule has 1 aliphatic carbocycles. The molecule has 3 nitrogen and oxygen atoms in total. The number of carbonyl (C=O) groups is 1. The lowest BCUT2D eigenvalue weighted by molar-refractivity contribution is -0.125. The quantitative estimate of drug-likeness (QED) is 0.905. The molecule has 1 aliphatic heterocycles. The lowest BCUT2D eigenvalue weighted by Crippen LogP contribution is -2.41. The molecule has 1 atom stereocenters. The largest absolute Gasteiger partial charge is 0.356 e. The number of likely N-dealkylation sites (tertiary alicyclic amines) is 1. The summed E-state index contributed by atoms with van der Waals surface area (Å²) in [7, 11) is 0. The van der Waals surface area contributed by atoms with Crippen molar-refractivity contribution in [3.8, 4) is 0 Å². The molecule has 0 aromatic heterocycles. The van der Waals surface area contributed by atoms with Gasteiger partial charge in [0.1, 0.15) is 0 Å². The summed E-state index contributed by atoms with van der Waals surface area (Å²) in [4.78, 5) is 14.7. The molecule has 3 heteroatoms. The van der Waals surface area contributed by atoms with Crippen LogP contribution in [0.5, 0.6) is 0 Å². The smallest absolute Gasteiger partial charge is 0.223 e. The summed E-state index contributed by atoms with van der Waals surface area (Å²) in [6.07, 6.45) is 7.14. The molecule has 0 bridgehead atoms. The van der Waals surface area contributed by atoms with E-state index < -0.39 is 0 Å². The van der Waals surface area contributed by atoms with Crippen LogP contribution in [0.15, 0.2) is 30.3 Å². The van der Waals surface area contributed by atoms with Gasteiger partial charge in [-0.2, -0.15) is 0 Å². The van der Waals surface area contributed by atoms with E-state index >= 15 is 0 Å². The van der Waals surface area contributed by atoms with Gasteiger partial charge in [0, 0.05) is 25.6 Å². The van der Waals surface area contributed by atoms with E-state index in [1.54, 1.807) is 0 Å². The van der Waals surface area contributed by atoms with Gasteiger partial charge in [-0.1, -0.05) is 43.2 Å². The van der Waals surface area contributed by atoms with Crippen LogP contribution in [0.2, 0.25) is 0 Å². The van der Waals surface area contributed by atoms with Crippen LogP contribution in [0.25, 0.3) is 0 Å². The third-order valence-electron chi connectivity index (χ3n) is 5.14. The molecule has 120 valence electrons. The summed E-state index contributed by atoms with van der Waals surface area (Å²) >= 11 is 0. The number of rotatable bonds is 5. The van der Waals surface area contributed by atoms with Crippen LogP contribution in [0.1, 0.15) is 44.1 Å². The van der Waals surface area contributed by atoms with Crippen molar-refractivity contribution in [2.75, 3.05) is 19.6 Å². The number of carbonyl (C=O) groups excluding carboxylic acids is 1. The normalized spacial score (nSPS) is 23.5. The van der Waals surface area contributed by atoms with Crippen LogP contribution in [0, 0.1) is 11.8 Å². The van der Waals surface area contributed by atoms with Crippen LogP contribution in [0.3, 0.4) is 0 Å². The first-order valence-corrected chi connectivity index (χ1v) is 8.85. The summed E-state index contributed by atoms with van der Waals surface area (Å²) in [6.45, 7) is 4.19. The van der Waals surface area contributed by atoms with Crippen LogP contribution in [0.4, 0.5) is 0 Å². The summed E-state index contributed by atoms with van der Waals surface area (Å²) in [5, 5.41) is 3.21. The molecule has 1 aromatic rings. The standard InChI is InChI=1S/C19H28N2O/c22-19(18-10-4-5-11-18)20-13-17-9-6-12-21(15-17)14-16-7-2-1-3-8-16/h1-3,7-8,17-18H,4-6,9-15H2,(H,20,22). The number of hydrogen-bond donors (Lipinski definition) is 1. The van der Waals surface area contributed by atoms with Crippen molar-refractivity contribution >= 4 is 5.91 Å². The van der Waals surface area contributed by atoms with Crippen LogP contribution < -0.4 is 5.32 Å². The van der Waals surface area contributed by atoms with Gasteiger partial charge in [-0.3, -0.25) is 9.69 Å². The fraction of sp³-hybridized carbons (Fsp3) is 0.632. The number of amides is 1. The summed E-state index contributed by atoms with van der Waals surface area (Å²) in [5.41, 5.74) is 1.39. The second-order valence-corrected chi connectivity index (χ2v) is 6.96. The molecule has 1 saturated carbocycles. The predicted octanol–water partition coefficient (Wildman–Crippen LogP) is 3.21. The highest BCUT2D eigenvalue weighted by atomic mass is 16.1. The number of hydrogen-bond acceptors (Lipinski definition) is 2. The maximum atomic E-state index is 12.1. The Hall–Kier alpha value is -1.35. The topological polar surface area (TPSA) is 32.3 Å². The molecule has 0 spiro atoms. The van der Waals surface area contributed by atoms with Crippen molar-refractivity contribution in [2.24, 2.45) is 11.8 Å². The van der Waals surface area contributed by atoms with Crippen LogP contribution in [-0.4, -0.2) is 30.4 Å². The van der Waals surface area contributed by atoms with E-state index in [0.29, 0.717) is 17.7 Å². The summed E-state index contributed by atoms with van der Waals surface area (Å²) < 4.78 is 0. The molecular weight excluding hydrogens is 272 g/mol. The molecule has 1 unspecified atom stereocenters. The van der Waals surface area contributed by atoms with Gasteiger partial charge in [0.2, 0.25) is 5.91 Å². The first-order chi connectivity index (χ1) is 10.8. The summed E-state index contributed by atoms with van der Waals surface area (Å²) in [5.74, 6) is 1.21. The van der Waals surface area contributed by atoms with E-state index in [1.807, 2.05) is 0 Å². The van der Waals surface area contributed by atoms with Crippen molar-refractivity contribution in [3.05, 3.63) is 35.9 Å². The van der Waals surface area contributed by atoms with E-state index in [2.05, 4.69) is 40.5 Å². The van der Waals surface area contributed by atoms with Gasteiger partial charge >= 0.3 is 0 Å². The Morgan fingerprint density at radius 3 is 2.64 bits per heavy atom. The van der Waals surface area contributed by atoms with E-state index in [-0.39, 0.29) is 0 Å². The number of nitrogens with one attached hydrogen (secondary N) is 1. The average Bonchev–Trinajstić information content (AvgIpc) is 3.08. The Kier molecular flexibility index (Phi) is 5.49. The van der Waals surface area contributed by atoms with Crippen molar-refractivity contribution in [1.29, 1.82) is 0 Å². The SMILES string of the molecule is O=C(NCC1CCCN(Cc2ccccc2)C1)C1CCCC1. The Morgan fingerprint density at radius 2 is 1.86 bits per heavy atom. The van der Waals surface area contributed by atoms with Gasteiger partial charge in [0.25, 0.3) is 0 Å². The monoisotopic (exact) mass is 300 g/mol. The van der Waals surface area contributed by atoms with Gasteiger partial charge in [0.15, 0.2) is 0 Å². The van der Waals surface area contributed by atoms with E-state index in [9.17, 15) is 4.79 Å².